The van der Waals surface area contributed by atoms with Crippen molar-refractivity contribution in [3.8, 4) is 0 Å². The number of hydrogen-bond donors (Lipinski definition) is 0. The van der Waals surface area contributed by atoms with Gasteiger partial charge in [-0.05, 0) is 26.0 Å². The SMILES string of the molecule is CCOCCN(CC)c1ccc([N+](=O)[O-])c(CCl)c1. The van der Waals surface area contributed by atoms with Crippen molar-refractivity contribution in [1.82, 2.24) is 0 Å². The molecule has 106 valence electrons. The molecule has 0 amide bonds. The summed E-state index contributed by atoms with van der Waals surface area (Å²) in [4.78, 5) is 12.6. The van der Waals surface area contributed by atoms with Crippen molar-refractivity contribution in [1.29, 1.82) is 0 Å². The molecule has 0 N–H and O–H groups in total. The van der Waals surface area contributed by atoms with Crippen molar-refractivity contribution in [2.75, 3.05) is 31.2 Å². The fraction of sp³-hybridized carbons (Fsp3) is 0.538. The van der Waals surface area contributed by atoms with Crippen molar-refractivity contribution in [2.24, 2.45) is 0 Å². The number of rotatable bonds is 8. The molecule has 0 bridgehead atoms. The van der Waals surface area contributed by atoms with Gasteiger partial charge in [0.25, 0.3) is 5.69 Å². The molecule has 0 aliphatic heterocycles. The van der Waals surface area contributed by atoms with Crippen LogP contribution in [0.2, 0.25) is 0 Å². The molecule has 0 spiro atoms. The van der Waals surface area contributed by atoms with Crippen LogP contribution in [0.1, 0.15) is 19.4 Å². The van der Waals surface area contributed by atoms with Crippen LogP contribution in [0.5, 0.6) is 0 Å². The Morgan fingerprint density at radius 3 is 2.68 bits per heavy atom. The summed E-state index contributed by atoms with van der Waals surface area (Å²) in [6, 6.07) is 5.04. The maximum atomic E-state index is 10.9. The Hall–Kier alpha value is -1.33. The zero-order chi connectivity index (χ0) is 14.3. The number of nitro benzene ring substituents is 1. The predicted octanol–water partition coefficient (Wildman–Crippen LogP) is 3.20. The van der Waals surface area contributed by atoms with E-state index in [0.717, 1.165) is 18.8 Å². The van der Waals surface area contributed by atoms with Crippen molar-refractivity contribution in [3.63, 3.8) is 0 Å². The van der Waals surface area contributed by atoms with Crippen molar-refractivity contribution in [3.05, 3.63) is 33.9 Å². The highest BCUT2D eigenvalue weighted by Gasteiger charge is 2.15. The Balaban J connectivity index is 2.89. The molecule has 0 aliphatic rings. The Labute approximate surface area is 118 Å². The van der Waals surface area contributed by atoms with E-state index in [9.17, 15) is 10.1 Å². The van der Waals surface area contributed by atoms with E-state index in [0.29, 0.717) is 18.8 Å². The van der Waals surface area contributed by atoms with Gasteiger partial charge in [-0.25, -0.2) is 0 Å². The van der Waals surface area contributed by atoms with Gasteiger partial charge in [0.2, 0.25) is 0 Å². The maximum Gasteiger partial charge on any atom is 0.273 e. The second kappa shape index (κ2) is 7.96. The standard InChI is InChI=1S/C13H19ClN2O3/c1-3-15(7-8-19-4-2)12-5-6-13(16(17)18)11(9-12)10-14/h5-6,9H,3-4,7-8,10H2,1-2H3. The molecule has 1 rings (SSSR count). The molecule has 0 unspecified atom stereocenters. The van der Waals surface area contributed by atoms with Gasteiger partial charge in [-0.1, -0.05) is 0 Å². The summed E-state index contributed by atoms with van der Waals surface area (Å²) < 4.78 is 5.33. The second-order valence-electron chi connectivity index (χ2n) is 3.98. The number of benzene rings is 1. The van der Waals surface area contributed by atoms with Crippen LogP contribution in [-0.2, 0) is 10.6 Å². The molecule has 0 fully saturated rings. The highest BCUT2D eigenvalue weighted by atomic mass is 35.5. The molecule has 0 saturated heterocycles. The van der Waals surface area contributed by atoms with E-state index in [1.807, 2.05) is 13.8 Å². The van der Waals surface area contributed by atoms with Gasteiger partial charge in [0.1, 0.15) is 0 Å². The second-order valence-corrected chi connectivity index (χ2v) is 4.25. The highest BCUT2D eigenvalue weighted by Crippen LogP contribution is 2.26. The van der Waals surface area contributed by atoms with Gasteiger partial charge in [0, 0.05) is 37.0 Å². The number of alkyl halides is 1. The van der Waals surface area contributed by atoms with Crippen LogP contribution in [0.3, 0.4) is 0 Å². The topological polar surface area (TPSA) is 55.6 Å². The zero-order valence-corrected chi connectivity index (χ0v) is 12.0. The molecule has 1 aromatic rings. The molecule has 5 nitrogen and oxygen atoms in total. The largest absolute Gasteiger partial charge is 0.380 e. The van der Waals surface area contributed by atoms with Crippen LogP contribution in [0.4, 0.5) is 11.4 Å². The third-order valence-corrected chi connectivity index (χ3v) is 3.15. The van der Waals surface area contributed by atoms with E-state index in [2.05, 4.69) is 4.90 Å². The molecule has 0 atom stereocenters. The summed E-state index contributed by atoms with van der Waals surface area (Å²) in [5.41, 5.74) is 1.54. The number of ether oxygens (including phenoxy) is 1. The number of nitro groups is 1. The summed E-state index contributed by atoms with van der Waals surface area (Å²) in [5, 5.41) is 10.9. The fourth-order valence-electron chi connectivity index (χ4n) is 1.84. The highest BCUT2D eigenvalue weighted by molar-refractivity contribution is 6.17. The van der Waals surface area contributed by atoms with E-state index in [4.69, 9.17) is 16.3 Å². The normalized spacial score (nSPS) is 10.5. The minimum atomic E-state index is -0.405. The number of nitrogens with zero attached hydrogens (tertiary/aromatic N) is 2. The van der Waals surface area contributed by atoms with E-state index < -0.39 is 4.92 Å². The number of hydrogen-bond acceptors (Lipinski definition) is 4. The summed E-state index contributed by atoms with van der Waals surface area (Å²) in [6.45, 7) is 6.88. The van der Waals surface area contributed by atoms with Gasteiger partial charge in [-0.2, -0.15) is 0 Å². The quantitative estimate of drug-likeness (QED) is 0.319. The first kappa shape index (κ1) is 15.7. The first-order valence-electron chi connectivity index (χ1n) is 6.30. The average molecular weight is 287 g/mol. The molecule has 0 aliphatic carbocycles. The molecule has 6 heteroatoms. The molecule has 19 heavy (non-hydrogen) atoms. The van der Waals surface area contributed by atoms with E-state index in [1.54, 1.807) is 12.1 Å². The van der Waals surface area contributed by atoms with E-state index in [1.165, 1.54) is 6.07 Å². The van der Waals surface area contributed by atoms with Crippen LogP contribution in [0.25, 0.3) is 0 Å². The van der Waals surface area contributed by atoms with Crippen LogP contribution >= 0.6 is 11.6 Å². The summed E-state index contributed by atoms with van der Waals surface area (Å²) in [5.74, 6) is 0.132. The lowest BCUT2D eigenvalue weighted by atomic mass is 10.1. The third kappa shape index (κ3) is 4.36. The minimum Gasteiger partial charge on any atom is -0.380 e. The molecule has 1 aromatic carbocycles. The summed E-state index contributed by atoms with van der Waals surface area (Å²) in [7, 11) is 0. The van der Waals surface area contributed by atoms with E-state index in [-0.39, 0.29) is 11.6 Å². The average Bonchev–Trinajstić information content (AvgIpc) is 2.43. The molecule has 0 aromatic heterocycles. The van der Waals surface area contributed by atoms with Crippen LogP contribution in [0.15, 0.2) is 18.2 Å². The molecule has 0 saturated carbocycles. The van der Waals surface area contributed by atoms with Crippen molar-refractivity contribution >= 4 is 23.0 Å². The molecule has 0 radical (unpaired) electrons. The van der Waals surface area contributed by atoms with Gasteiger partial charge >= 0.3 is 0 Å². The zero-order valence-electron chi connectivity index (χ0n) is 11.3. The Kier molecular flexibility index (Phi) is 6.59. The fourth-order valence-corrected chi connectivity index (χ4v) is 2.06. The van der Waals surface area contributed by atoms with Crippen LogP contribution in [0, 0.1) is 10.1 Å². The van der Waals surface area contributed by atoms with Gasteiger partial charge in [-0.15, -0.1) is 11.6 Å². The number of likely N-dealkylation sites (N-methyl/N-ethyl adjacent to an activating group) is 1. The smallest absolute Gasteiger partial charge is 0.273 e. The van der Waals surface area contributed by atoms with Gasteiger partial charge < -0.3 is 9.64 Å². The summed E-state index contributed by atoms with van der Waals surface area (Å²) in [6.07, 6.45) is 0. The predicted molar refractivity (Wildman–Crippen MR) is 77.0 cm³/mol. The van der Waals surface area contributed by atoms with Crippen molar-refractivity contribution < 1.29 is 9.66 Å². The molecular formula is C13H19ClN2O3. The van der Waals surface area contributed by atoms with Gasteiger partial charge in [0.15, 0.2) is 0 Å². The third-order valence-electron chi connectivity index (χ3n) is 2.86. The maximum absolute atomic E-state index is 10.9. The Morgan fingerprint density at radius 2 is 2.16 bits per heavy atom. The first-order valence-corrected chi connectivity index (χ1v) is 6.83. The summed E-state index contributed by atoms with van der Waals surface area (Å²) >= 11 is 5.78. The minimum absolute atomic E-state index is 0.0691. The monoisotopic (exact) mass is 286 g/mol. The lowest BCUT2D eigenvalue weighted by Gasteiger charge is -2.23. The van der Waals surface area contributed by atoms with Gasteiger partial charge in [0.05, 0.1) is 17.4 Å². The van der Waals surface area contributed by atoms with Crippen molar-refractivity contribution in [2.45, 2.75) is 19.7 Å². The number of halogens is 1. The Bertz CT molecular complexity index is 426. The number of anilines is 1. The van der Waals surface area contributed by atoms with E-state index >= 15 is 0 Å². The molecule has 0 heterocycles. The first-order chi connectivity index (χ1) is 9.13. The van der Waals surface area contributed by atoms with Crippen LogP contribution in [-0.4, -0.2) is 31.2 Å². The van der Waals surface area contributed by atoms with Gasteiger partial charge in [-0.3, -0.25) is 10.1 Å². The Morgan fingerprint density at radius 1 is 1.42 bits per heavy atom. The molecular weight excluding hydrogens is 268 g/mol. The lowest BCUT2D eigenvalue weighted by Crippen LogP contribution is -2.27. The van der Waals surface area contributed by atoms with Crippen LogP contribution < -0.4 is 4.90 Å². The lowest BCUT2D eigenvalue weighted by molar-refractivity contribution is -0.385.